The highest BCUT2D eigenvalue weighted by molar-refractivity contribution is 6.35. The molecule has 3 aliphatic heterocycles. The Kier molecular flexibility index (Phi) is 4.13. The molecular formula is C20H24ClN3O3. The zero-order valence-corrected chi connectivity index (χ0v) is 16.6. The molecule has 0 aromatic heterocycles. The summed E-state index contributed by atoms with van der Waals surface area (Å²) in [4.78, 5) is 41.2. The van der Waals surface area contributed by atoms with Gasteiger partial charge in [-0.15, -0.1) is 0 Å². The van der Waals surface area contributed by atoms with Crippen LogP contribution in [0.15, 0.2) is 18.2 Å². The van der Waals surface area contributed by atoms with Gasteiger partial charge in [-0.25, -0.2) is 0 Å². The van der Waals surface area contributed by atoms with Gasteiger partial charge < -0.3 is 5.32 Å². The van der Waals surface area contributed by atoms with E-state index in [0.29, 0.717) is 22.7 Å². The first-order chi connectivity index (χ1) is 12.8. The van der Waals surface area contributed by atoms with E-state index in [1.165, 1.54) is 4.90 Å². The summed E-state index contributed by atoms with van der Waals surface area (Å²) in [5.41, 5.74) is -0.0678. The van der Waals surface area contributed by atoms with Gasteiger partial charge in [-0.05, 0) is 25.3 Å². The Hall–Kier alpha value is -1.92. The number of fused-ring (bicyclic) bond motifs is 4. The van der Waals surface area contributed by atoms with Gasteiger partial charge >= 0.3 is 0 Å². The number of benzene rings is 1. The number of para-hydroxylation sites is 1. The molecule has 2 N–H and O–H groups in total. The van der Waals surface area contributed by atoms with E-state index in [9.17, 15) is 14.4 Å². The number of nitrogens with zero attached hydrogens (tertiary/aromatic N) is 1. The fourth-order valence-corrected chi connectivity index (χ4v) is 5.16. The van der Waals surface area contributed by atoms with Crippen LogP contribution in [-0.4, -0.2) is 34.7 Å². The van der Waals surface area contributed by atoms with Gasteiger partial charge in [0.25, 0.3) is 0 Å². The molecule has 5 atom stereocenters. The van der Waals surface area contributed by atoms with E-state index in [0.717, 1.165) is 0 Å². The number of amides is 3. The molecule has 1 spiro atoms. The molecule has 6 nitrogen and oxygen atoms in total. The Labute approximate surface area is 163 Å². The Balaban J connectivity index is 1.92. The number of anilines is 1. The van der Waals surface area contributed by atoms with Crippen LogP contribution in [0.3, 0.4) is 0 Å². The zero-order chi connectivity index (χ0) is 19.7. The van der Waals surface area contributed by atoms with Gasteiger partial charge in [0.15, 0.2) is 0 Å². The molecule has 0 saturated carbocycles. The summed E-state index contributed by atoms with van der Waals surface area (Å²) >= 11 is 6.30. The van der Waals surface area contributed by atoms with Crippen LogP contribution in [0.1, 0.15) is 39.7 Å². The lowest BCUT2D eigenvalue weighted by Crippen LogP contribution is -2.54. The number of imide groups is 1. The van der Waals surface area contributed by atoms with Gasteiger partial charge in [-0.3, -0.25) is 24.6 Å². The fourth-order valence-electron chi connectivity index (χ4n) is 4.94. The predicted octanol–water partition coefficient (Wildman–Crippen LogP) is 2.51. The molecule has 3 amide bonds. The average Bonchev–Trinajstić information content (AvgIpc) is 3.21. The van der Waals surface area contributed by atoms with Crippen molar-refractivity contribution in [3.63, 3.8) is 0 Å². The maximum Gasteiger partial charge on any atom is 0.250 e. The third kappa shape index (κ3) is 2.20. The number of nitrogens with one attached hydrogen (secondary N) is 2. The van der Waals surface area contributed by atoms with Crippen molar-refractivity contribution in [3.05, 3.63) is 28.8 Å². The van der Waals surface area contributed by atoms with Crippen molar-refractivity contribution in [2.24, 2.45) is 17.8 Å². The average molecular weight is 390 g/mol. The van der Waals surface area contributed by atoms with Gasteiger partial charge in [-0.1, -0.05) is 44.5 Å². The van der Waals surface area contributed by atoms with E-state index in [2.05, 4.69) is 10.6 Å². The van der Waals surface area contributed by atoms with Crippen molar-refractivity contribution < 1.29 is 14.4 Å². The minimum Gasteiger partial charge on any atom is -0.323 e. The van der Waals surface area contributed by atoms with Crippen molar-refractivity contribution >= 4 is 35.0 Å². The maximum absolute atomic E-state index is 13.4. The highest BCUT2D eigenvalue weighted by Gasteiger charge is 2.71. The van der Waals surface area contributed by atoms with E-state index >= 15 is 0 Å². The number of halogens is 1. The summed E-state index contributed by atoms with van der Waals surface area (Å²) in [5, 5.41) is 6.68. The number of likely N-dealkylation sites (tertiary alicyclic amines) is 1. The Morgan fingerprint density at radius 3 is 2.52 bits per heavy atom. The van der Waals surface area contributed by atoms with Crippen LogP contribution in [0.2, 0.25) is 5.02 Å². The van der Waals surface area contributed by atoms with Crippen LogP contribution in [0.4, 0.5) is 5.69 Å². The normalized spacial score (nSPS) is 33.0. The topological polar surface area (TPSA) is 78.5 Å². The smallest absolute Gasteiger partial charge is 0.250 e. The lowest BCUT2D eigenvalue weighted by atomic mass is 9.76. The first-order valence-corrected chi connectivity index (χ1v) is 9.88. The summed E-state index contributed by atoms with van der Waals surface area (Å²) in [6.07, 6.45) is 0.679. The van der Waals surface area contributed by atoms with Gasteiger partial charge in [0.1, 0.15) is 5.54 Å². The lowest BCUT2D eigenvalue weighted by Gasteiger charge is -2.31. The van der Waals surface area contributed by atoms with E-state index in [1.54, 1.807) is 12.1 Å². The molecule has 0 aliphatic carbocycles. The first kappa shape index (κ1) is 18.4. The van der Waals surface area contributed by atoms with Crippen LogP contribution in [-0.2, 0) is 19.9 Å². The van der Waals surface area contributed by atoms with Crippen molar-refractivity contribution in [2.75, 3.05) is 5.32 Å². The summed E-state index contributed by atoms with van der Waals surface area (Å²) in [7, 11) is 0. The molecule has 2 saturated heterocycles. The third-order valence-electron chi connectivity index (χ3n) is 6.42. The number of carbonyl (C=O) groups is 3. The van der Waals surface area contributed by atoms with E-state index < -0.39 is 17.4 Å². The van der Waals surface area contributed by atoms with Crippen LogP contribution in [0.25, 0.3) is 0 Å². The Morgan fingerprint density at radius 2 is 1.89 bits per heavy atom. The molecule has 0 unspecified atom stereocenters. The van der Waals surface area contributed by atoms with Gasteiger partial charge in [0.05, 0.1) is 22.5 Å². The molecule has 2 fully saturated rings. The SMILES string of the molecule is CC[C@H](C)N1C(=O)[C@H]2[C@@H](C1=O)[C@@]1(N[C@H]2C(C)C)C(=O)Nc2c(Cl)cccc21. The number of carbonyl (C=O) groups excluding carboxylic acids is 3. The van der Waals surface area contributed by atoms with Crippen molar-refractivity contribution in [2.45, 2.75) is 51.7 Å². The third-order valence-corrected chi connectivity index (χ3v) is 6.73. The van der Waals surface area contributed by atoms with Crippen molar-refractivity contribution in [1.82, 2.24) is 10.2 Å². The van der Waals surface area contributed by atoms with E-state index in [1.807, 2.05) is 33.8 Å². The molecule has 27 heavy (non-hydrogen) atoms. The number of hydrogen-bond acceptors (Lipinski definition) is 4. The van der Waals surface area contributed by atoms with Crippen LogP contribution >= 0.6 is 11.6 Å². The molecule has 1 aromatic rings. The summed E-state index contributed by atoms with van der Waals surface area (Å²) in [5.74, 6) is -1.98. The highest BCUT2D eigenvalue weighted by atomic mass is 35.5. The standard InChI is InChI=1S/C20H24ClN3O3/c1-5-10(4)24-17(25)13-14(18(24)26)20(23-15(13)9(2)3)11-7-6-8-12(21)16(11)22-19(20)27/h6-10,13-15,23H,5H2,1-4H3,(H,22,27)/t10-,13-,14-,15-,20+/m0/s1. The van der Waals surface area contributed by atoms with Gasteiger partial charge in [0, 0.05) is 17.6 Å². The molecule has 4 rings (SSSR count). The first-order valence-electron chi connectivity index (χ1n) is 9.50. The molecule has 7 heteroatoms. The summed E-state index contributed by atoms with van der Waals surface area (Å²) in [6, 6.07) is 4.84. The Morgan fingerprint density at radius 1 is 1.19 bits per heavy atom. The molecule has 0 bridgehead atoms. The van der Waals surface area contributed by atoms with E-state index in [4.69, 9.17) is 11.6 Å². The lowest BCUT2D eigenvalue weighted by molar-refractivity contribution is -0.145. The zero-order valence-electron chi connectivity index (χ0n) is 15.9. The van der Waals surface area contributed by atoms with Crippen molar-refractivity contribution in [1.29, 1.82) is 0 Å². The molecule has 3 aliphatic rings. The summed E-state index contributed by atoms with van der Waals surface area (Å²) < 4.78 is 0. The van der Waals surface area contributed by atoms with Crippen molar-refractivity contribution in [3.8, 4) is 0 Å². The number of hydrogen-bond donors (Lipinski definition) is 2. The van der Waals surface area contributed by atoms with Gasteiger partial charge in [0.2, 0.25) is 17.7 Å². The largest absolute Gasteiger partial charge is 0.323 e. The fraction of sp³-hybridized carbons (Fsp3) is 0.550. The monoisotopic (exact) mass is 389 g/mol. The second-order valence-electron chi connectivity index (χ2n) is 8.15. The summed E-state index contributed by atoms with van der Waals surface area (Å²) in [6.45, 7) is 7.83. The van der Waals surface area contributed by atoms with Crippen LogP contribution in [0.5, 0.6) is 0 Å². The molecule has 144 valence electrons. The highest BCUT2D eigenvalue weighted by Crippen LogP contribution is 2.55. The predicted molar refractivity (Wildman–Crippen MR) is 102 cm³/mol. The minimum atomic E-state index is -1.26. The second-order valence-corrected chi connectivity index (χ2v) is 8.55. The molecule has 1 aromatic carbocycles. The Bertz CT molecular complexity index is 855. The molecule has 3 heterocycles. The quantitative estimate of drug-likeness (QED) is 0.778. The number of rotatable bonds is 3. The second kappa shape index (κ2) is 6.04. The maximum atomic E-state index is 13.4. The molecule has 0 radical (unpaired) electrons. The van der Waals surface area contributed by atoms with Crippen LogP contribution in [0, 0.1) is 17.8 Å². The van der Waals surface area contributed by atoms with Gasteiger partial charge in [-0.2, -0.15) is 0 Å². The molecular weight excluding hydrogens is 366 g/mol. The minimum absolute atomic E-state index is 0.0848. The van der Waals surface area contributed by atoms with E-state index in [-0.39, 0.29) is 35.7 Å². The van der Waals surface area contributed by atoms with Crippen LogP contribution < -0.4 is 10.6 Å².